The van der Waals surface area contributed by atoms with Crippen molar-refractivity contribution in [2.45, 2.75) is 6.92 Å². The fourth-order valence-electron chi connectivity index (χ4n) is 1.05. The Morgan fingerprint density at radius 2 is 2.15 bits per heavy atom. The molecule has 0 saturated carbocycles. The minimum absolute atomic E-state index is 0.200. The van der Waals surface area contributed by atoms with Crippen molar-refractivity contribution in [3.05, 3.63) is 28.3 Å². The van der Waals surface area contributed by atoms with Crippen LogP contribution in [0.4, 0.5) is 0 Å². The van der Waals surface area contributed by atoms with E-state index in [4.69, 9.17) is 21.4 Å². The quantitative estimate of drug-likeness (QED) is 0.797. The average Bonchev–Trinajstić information content (AvgIpc) is 2.09. The molecule has 0 amide bonds. The smallest absolute Gasteiger partial charge is 0.336 e. The van der Waals surface area contributed by atoms with Crippen LogP contribution in [0, 0.1) is 6.92 Å². The Balaban J connectivity index is 3.31. The summed E-state index contributed by atoms with van der Waals surface area (Å²) in [6.45, 7) is 1.65. The molecule has 0 heterocycles. The summed E-state index contributed by atoms with van der Waals surface area (Å²) in [5, 5.41) is 9.10. The van der Waals surface area contributed by atoms with E-state index in [1.54, 1.807) is 13.0 Å². The van der Waals surface area contributed by atoms with Crippen LogP contribution in [0.25, 0.3) is 0 Å². The Labute approximate surface area is 80.9 Å². The van der Waals surface area contributed by atoms with E-state index in [9.17, 15) is 4.79 Å². The fraction of sp³-hybridized carbons (Fsp3) is 0.222. The number of halogens is 1. The zero-order valence-corrected chi connectivity index (χ0v) is 8.05. The largest absolute Gasteiger partial charge is 0.495 e. The van der Waals surface area contributed by atoms with E-state index in [0.717, 1.165) is 0 Å². The molecule has 1 aromatic carbocycles. The molecule has 0 aliphatic rings. The number of carboxylic acids is 1. The van der Waals surface area contributed by atoms with Crippen LogP contribution in [-0.4, -0.2) is 18.2 Å². The molecular formula is C9H9ClO3. The van der Waals surface area contributed by atoms with Gasteiger partial charge in [0, 0.05) is 0 Å². The number of benzene rings is 1. The zero-order valence-electron chi connectivity index (χ0n) is 7.30. The molecule has 3 nitrogen and oxygen atoms in total. The summed E-state index contributed by atoms with van der Waals surface area (Å²) < 4.78 is 4.94. The van der Waals surface area contributed by atoms with Gasteiger partial charge in [0.1, 0.15) is 5.75 Å². The highest BCUT2D eigenvalue weighted by Gasteiger charge is 2.12. The molecule has 4 heteroatoms. The molecule has 0 radical (unpaired) electrons. The van der Waals surface area contributed by atoms with Gasteiger partial charge in [0.05, 0.1) is 17.7 Å². The van der Waals surface area contributed by atoms with Crippen LogP contribution in [0.2, 0.25) is 5.02 Å². The van der Waals surface area contributed by atoms with Crippen molar-refractivity contribution >= 4 is 17.6 Å². The molecule has 0 bridgehead atoms. The van der Waals surface area contributed by atoms with Crippen molar-refractivity contribution in [1.82, 2.24) is 0 Å². The molecule has 0 atom stereocenters. The first kappa shape index (κ1) is 9.86. The van der Waals surface area contributed by atoms with Crippen molar-refractivity contribution in [3.8, 4) is 5.75 Å². The molecule has 0 aromatic heterocycles. The Hall–Kier alpha value is -1.22. The summed E-state index contributed by atoms with van der Waals surface area (Å²) in [4.78, 5) is 10.7. The number of rotatable bonds is 2. The lowest BCUT2D eigenvalue weighted by Gasteiger charge is -2.07. The first-order chi connectivity index (χ1) is 6.07. The van der Waals surface area contributed by atoms with Gasteiger partial charge in [-0.25, -0.2) is 4.79 Å². The second-order valence-electron chi connectivity index (χ2n) is 2.56. The Morgan fingerprint density at radius 3 is 2.62 bits per heavy atom. The van der Waals surface area contributed by atoms with Gasteiger partial charge in [0.25, 0.3) is 0 Å². The molecule has 1 N–H and O–H groups in total. The van der Waals surface area contributed by atoms with Crippen LogP contribution in [0.5, 0.6) is 5.75 Å². The summed E-state index contributed by atoms with van der Waals surface area (Å²) in [7, 11) is 1.49. The third-order valence-electron chi connectivity index (χ3n) is 1.80. The van der Waals surface area contributed by atoms with Gasteiger partial charge in [0.15, 0.2) is 0 Å². The van der Waals surface area contributed by atoms with E-state index in [1.165, 1.54) is 13.2 Å². The second-order valence-corrected chi connectivity index (χ2v) is 2.94. The number of carbonyl (C=O) groups is 1. The van der Waals surface area contributed by atoms with Crippen LogP contribution in [0.1, 0.15) is 15.9 Å². The molecule has 0 saturated heterocycles. The summed E-state index contributed by atoms with van der Waals surface area (Å²) in [6, 6.07) is 3.02. The van der Waals surface area contributed by atoms with Gasteiger partial charge in [0.2, 0.25) is 0 Å². The zero-order chi connectivity index (χ0) is 10.0. The topological polar surface area (TPSA) is 46.5 Å². The highest BCUT2D eigenvalue weighted by atomic mass is 35.5. The number of carboxylic acid groups (broad SMARTS) is 1. The molecule has 1 aromatic rings. The number of aromatic carboxylic acids is 1. The fourth-order valence-corrected chi connectivity index (χ4v) is 1.29. The first-order valence-electron chi connectivity index (χ1n) is 3.64. The normalized spacial score (nSPS) is 9.77. The molecule has 0 spiro atoms. The lowest BCUT2D eigenvalue weighted by atomic mass is 10.1. The Kier molecular flexibility index (Phi) is 2.78. The van der Waals surface area contributed by atoms with Gasteiger partial charge in [-0.1, -0.05) is 11.6 Å². The van der Waals surface area contributed by atoms with E-state index >= 15 is 0 Å². The van der Waals surface area contributed by atoms with Crippen molar-refractivity contribution in [2.24, 2.45) is 0 Å². The predicted molar refractivity (Wildman–Crippen MR) is 49.7 cm³/mol. The van der Waals surface area contributed by atoms with Gasteiger partial charge in [-0.3, -0.25) is 0 Å². The minimum atomic E-state index is -0.984. The van der Waals surface area contributed by atoms with E-state index in [1.807, 2.05) is 0 Å². The molecule has 0 fully saturated rings. The van der Waals surface area contributed by atoms with Crippen molar-refractivity contribution < 1.29 is 14.6 Å². The predicted octanol–water partition coefficient (Wildman–Crippen LogP) is 2.36. The van der Waals surface area contributed by atoms with Crippen molar-refractivity contribution in [2.75, 3.05) is 7.11 Å². The minimum Gasteiger partial charge on any atom is -0.495 e. The molecule has 0 aliphatic heterocycles. The first-order valence-corrected chi connectivity index (χ1v) is 4.02. The van der Waals surface area contributed by atoms with Crippen LogP contribution in [-0.2, 0) is 0 Å². The summed E-state index contributed by atoms with van der Waals surface area (Å²) in [5.41, 5.74) is 0.722. The van der Waals surface area contributed by atoms with Crippen LogP contribution >= 0.6 is 11.6 Å². The molecule has 0 aliphatic carbocycles. The highest BCUT2D eigenvalue weighted by molar-refractivity contribution is 6.33. The molecule has 1 rings (SSSR count). The number of hydrogen-bond acceptors (Lipinski definition) is 2. The van der Waals surface area contributed by atoms with Crippen molar-refractivity contribution in [3.63, 3.8) is 0 Å². The van der Waals surface area contributed by atoms with Gasteiger partial charge < -0.3 is 9.84 Å². The molecular weight excluding hydrogens is 192 g/mol. The Morgan fingerprint density at radius 1 is 1.54 bits per heavy atom. The maximum absolute atomic E-state index is 10.7. The monoisotopic (exact) mass is 200 g/mol. The molecule has 70 valence electrons. The summed E-state index contributed by atoms with van der Waals surface area (Å²) in [6.07, 6.45) is 0. The maximum atomic E-state index is 10.7. The van der Waals surface area contributed by atoms with Crippen LogP contribution in [0.3, 0.4) is 0 Å². The number of methoxy groups -OCH3 is 1. The standard InChI is InChI=1S/C9H9ClO3/c1-5-6(9(11)12)3-4-7(13-2)8(5)10/h3-4H,1-2H3,(H,11,12). The molecule has 13 heavy (non-hydrogen) atoms. The second kappa shape index (κ2) is 3.66. The van der Waals surface area contributed by atoms with Gasteiger partial charge >= 0.3 is 5.97 Å². The highest BCUT2D eigenvalue weighted by Crippen LogP contribution is 2.29. The van der Waals surface area contributed by atoms with Crippen molar-refractivity contribution in [1.29, 1.82) is 0 Å². The third-order valence-corrected chi connectivity index (χ3v) is 2.27. The maximum Gasteiger partial charge on any atom is 0.336 e. The third kappa shape index (κ3) is 1.75. The molecule has 0 unspecified atom stereocenters. The number of ether oxygens (including phenoxy) is 1. The lowest BCUT2D eigenvalue weighted by Crippen LogP contribution is -2.00. The van der Waals surface area contributed by atoms with Gasteiger partial charge in [-0.2, -0.15) is 0 Å². The lowest BCUT2D eigenvalue weighted by molar-refractivity contribution is 0.0696. The van der Waals surface area contributed by atoms with E-state index in [2.05, 4.69) is 0 Å². The van der Waals surface area contributed by atoms with Crippen LogP contribution < -0.4 is 4.74 Å². The van der Waals surface area contributed by atoms with E-state index in [0.29, 0.717) is 16.3 Å². The average molecular weight is 201 g/mol. The SMILES string of the molecule is COc1ccc(C(=O)O)c(C)c1Cl. The summed E-state index contributed by atoms with van der Waals surface area (Å²) >= 11 is 5.85. The van der Waals surface area contributed by atoms with Gasteiger partial charge in [-0.05, 0) is 24.6 Å². The summed E-state index contributed by atoms with van der Waals surface area (Å²) in [5.74, 6) is -0.494. The van der Waals surface area contributed by atoms with E-state index < -0.39 is 5.97 Å². The van der Waals surface area contributed by atoms with E-state index in [-0.39, 0.29) is 5.56 Å². The van der Waals surface area contributed by atoms with Gasteiger partial charge in [-0.15, -0.1) is 0 Å². The van der Waals surface area contributed by atoms with Crippen LogP contribution in [0.15, 0.2) is 12.1 Å². The Bertz CT molecular complexity index is 347. The number of hydrogen-bond donors (Lipinski definition) is 1.